The van der Waals surface area contributed by atoms with Gasteiger partial charge in [-0.15, -0.1) is 0 Å². The molecule has 1 N–H and O–H groups in total. The molecule has 0 bridgehead atoms. The van der Waals surface area contributed by atoms with Crippen LogP contribution in [-0.2, 0) is 0 Å². The number of carbonyl (C=O) groups excluding carboxylic acids is 2. The molecule has 0 unspecified atom stereocenters. The first-order valence-corrected chi connectivity index (χ1v) is 8.63. The molecule has 0 saturated carbocycles. The van der Waals surface area contributed by atoms with E-state index in [1.807, 2.05) is 0 Å². The molecule has 6 heteroatoms. The largest absolute Gasteiger partial charge is 0.497 e. The van der Waals surface area contributed by atoms with Gasteiger partial charge in [-0.2, -0.15) is 0 Å². The Kier molecular flexibility index (Phi) is 5.63. The van der Waals surface area contributed by atoms with Crippen molar-refractivity contribution in [3.8, 4) is 5.75 Å². The zero-order valence-corrected chi connectivity index (χ0v) is 14.7. The summed E-state index contributed by atoms with van der Waals surface area (Å²) in [6.45, 7) is 2.75. The smallest absolute Gasteiger partial charge is 0.257 e. The Morgan fingerprint density at radius 2 is 1.73 bits per heavy atom. The fourth-order valence-corrected chi connectivity index (χ4v) is 3.11. The Morgan fingerprint density at radius 3 is 2.35 bits per heavy atom. The number of hydrogen-bond acceptors (Lipinski definition) is 3. The second-order valence-electron chi connectivity index (χ2n) is 6.35. The van der Waals surface area contributed by atoms with Gasteiger partial charge in [0.1, 0.15) is 18.1 Å². The molecule has 1 fully saturated rings. The Hall–Kier alpha value is -2.73. The van der Waals surface area contributed by atoms with Crippen LogP contribution in [0.2, 0.25) is 0 Å². The summed E-state index contributed by atoms with van der Waals surface area (Å²) in [5.41, 5.74) is 0.758. The predicted octanol–water partition coefficient (Wildman–Crippen LogP) is 1.06. The normalized spacial score (nSPS) is 14.9. The fourth-order valence-electron chi connectivity index (χ4n) is 3.11. The molecule has 0 atom stereocenters. The van der Waals surface area contributed by atoms with E-state index in [0.29, 0.717) is 44.0 Å². The molecular weight excluding hydrogens is 335 g/mol. The lowest BCUT2D eigenvalue weighted by Crippen LogP contribution is -3.15. The number of hydrogen-bond donors (Lipinski definition) is 1. The molecule has 5 nitrogen and oxygen atoms in total. The number of nitrogens with one attached hydrogen (secondary N) is 1. The lowest BCUT2D eigenvalue weighted by atomic mass is 10.1. The minimum Gasteiger partial charge on any atom is -0.497 e. The molecular formula is C20H22FN2O3+. The number of halogens is 1. The van der Waals surface area contributed by atoms with E-state index < -0.39 is 5.82 Å². The highest BCUT2D eigenvalue weighted by atomic mass is 19.1. The SMILES string of the molecule is COc1ccc(C(=O)C[NH+]2CCN(C(=O)c3ccccc3F)CC2)cc1. The second kappa shape index (κ2) is 8.10. The minimum absolute atomic E-state index is 0.0662. The minimum atomic E-state index is -0.498. The van der Waals surface area contributed by atoms with Gasteiger partial charge in [-0.1, -0.05) is 12.1 Å². The molecule has 136 valence electrons. The van der Waals surface area contributed by atoms with Crippen LogP contribution in [0.25, 0.3) is 0 Å². The lowest BCUT2D eigenvalue weighted by molar-refractivity contribution is -0.895. The van der Waals surface area contributed by atoms with Gasteiger partial charge in [0.05, 0.1) is 38.9 Å². The predicted molar refractivity (Wildman–Crippen MR) is 95.2 cm³/mol. The molecule has 2 aromatic rings. The zero-order valence-electron chi connectivity index (χ0n) is 14.7. The van der Waals surface area contributed by atoms with Crippen LogP contribution in [0.3, 0.4) is 0 Å². The van der Waals surface area contributed by atoms with Crippen LogP contribution in [0.5, 0.6) is 5.75 Å². The van der Waals surface area contributed by atoms with Gasteiger partial charge < -0.3 is 14.5 Å². The highest BCUT2D eigenvalue weighted by molar-refractivity contribution is 5.97. The van der Waals surface area contributed by atoms with Gasteiger partial charge in [0.15, 0.2) is 0 Å². The molecule has 1 aliphatic rings. The van der Waals surface area contributed by atoms with Crippen LogP contribution in [-0.4, -0.2) is 56.4 Å². The zero-order chi connectivity index (χ0) is 18.5. The maximum Gasteiger partial charge on any atom is 0.257 e. The highest BCUT2D eigenvalue weighted by Crippen LogP contribution is 2.12. The van der Waals surface area contributed by atoms with Gasteiger partial charge in [0.2, 0.25) is 5.78 Å². The maximum absolute atomic E-state index is 13.8. The van der Waals surface area contributed by atoms with Crippen molar-refractivity contribution in [1.82, 2.24) is 4.90 Å². The van der Waals surface area contributed by atoms with Gasteiger partial charge in [-0.05, 0) is 36.4 Å². The fraction of sp³-hybridized carbons (Fsp3) is 0.300. The standard InChI is InChI=1S/C20H21FN2O3/c1-26-16-8-6-15(7-9-16)19(24)14-22-10-12-23(13-11-22)20(25)17-4-2-3-5-18(17)21/h2-9H,10-14H2,1H3/p+1. The summed E-state index contributed by atoms with van der Waals surface area (Å²) in [5, 5.41) is 0. The van der Waals surface area contributed by atoms with Crippen molar-refractivity contribution >= 4 is 11.7 Å². The molecule has 2 aromatic carbocycles. The van der Waals surface area contributed by atoms with Crippen molar-refractivity contribution < 1.29 is 23.6 Å². The summed E-state index contributed by atoms with van der Waals surface area (Å²) in [4.78, 5) is 27.6. The van der Waals surface area contributed by atoms with Crippen LogP contribution >= 0.6 is 0 Å². The molecule has 1 heterocycles. The summed E-state index contributed by atoms with van der Waals surface area (Å²) >= 11 is 0. The van der Waals surface area contributed by atoms with E-state index in [1.165, 1.54) is 12.1 Å². The maximum atomic E-state index is 13.8. The number of Topliss-reactive ketones (excluding diaryl/α,β-unsaturated/α-hetero) is 1. The third-order valence-electron chi connectivity index (χ3n) is 4.68. The van der Waals surface area contributed by atoms with Gasteiger partial charge in [-0.3, -0.25) is 9.59 Å². The Morgan fingerprint density at radius 1 is 1.08 bits per heavy atom. The Labute approximate surface area is 152 Å². The second-order valence-corrected chi connectivity index (χ2v) is 6.35. The first-order valence-electron chi connectivity index (χ1n) is 8.63. The number of benzene rings is 2. The van der Waals surface area contributed by atoms with E-state index in [1.54, 1.807) is 48.4 Å². The number of carbonyl (C=O) groups is 2. The van der Waals surface area contributed by atoms with Crippen molar-refractivity contribution in [3.05, 3.63) is 65.5 Å². The summed E-state index contributed by atoms with van der Waals surface area (Å²) in [6.07, 6.45) is 0. The van der Waals surface area contributed by atoms with Crippen molar-refractivity contribution in [2.24, 2.45) is 0 Å². The van der Waals surface area contributed by atoms with E-state index in [-0.39, 0.29) is 17.3 Å². The van der Waals surface area contributed by atoms with Gasteiger partial charge >= 0.3 is 0 Å². The first kappa shape index (κ1) is 18.1. The molecule has 1 aliphatic heterocycles. The Bertz CT molecular complexity index is 784. The molecule has 0 spiro atoms. The van der Waals surface area contributed by atoms with Crippen LogP contribution in [0.1, 0.15) is 20.7 Å². The van der Waals surface area contributed by atoms with Crippen LogP contribution < -0.4 is 9.64 Å². The number of methoxy groups -OCH3 is 1. The van der Waals surface area contributed by atoms with Crippen LogP contribution in [0, 0.1) is 5.82 Å². The molecule has 1 amide bonds. The van der Waals surface area contributed by atoms with E-state index in [4.69, 9.17) is 4.74 Å². The van der Waals surface area contributed by atoms with Crippen molar-refractivity contribution in [1.29, 1.82) is 0 Å². The summed E-state index contributed by atoms with van der Waals surface area (Å²) in [7, 11) is 1.59. The number of piperazine rings is 1. The number of amides is 1. The van der Waals surface area contributed by atoms with Crippen LogP contribution in [0.4, 0.5) is 4.39 Å². The summed E-state index contributed by atoms with van der Waals surface area (Å²) in [5.74, 6) is -0.00343. The van der Waals surface area contributed by atoms with E-state index >= 15 is 0 Å². The van der Waals surface area contributed by atoms with E-state index in [9.17, 15) is 14.0 Å². The lowest BCUT2D eigenvalue weighted by Gasteiger charge is -2.32. The summed E-state index contributed by atoms with van der Waals surface area (Å²) in [6, 6.07) is 13.1. The Balaban J connectivity index is 1.54. The number of ether oxygens (including phenoxy) is 1. The third kappa shape index (κ3) is 4.08. The van der Waals surface area contributed by atoms with Crippen molar-refractivity contribution in [3.63, 3.8) is 0 Å². The van der Waals surface area contributed by atoms with Crippen LogP contribution in [0.15, 0.2) is 48.5 Å². The number of quaternary nitrogens is 1. The summed E-state index contributed by atoms with van der Waals surface area (Å²) < 4.78 is 18.9. The van der Waals surface area contributed by atoms with E-state index in [2.05, 4.69) is 0 Å². The average molecular weight is 357 g/mol. The quantitative estimate of drug-likeness (QED) is 0.814. The average Bonchev–Trinajstić information content (AvgIpc) is 2.68. The molecule has 3 rings (SSSR count). The van der Waals surface area contributed by atoms with E-state index in [0.717, 1.165) is 4.90 Å². The van der Waals surface area contributed by atoms with Gasteiger partial charge in [0, 0.05) is 5.56 Å². The van der Waals surface area contributed by atoms with Gasteiger partial charge in [0.25, 0.3) is 5.91 Å². The molecule has 0 aliphatic carbocycles. The molecule has 26 heavy (non-hydrogen) atoms. The highest BCUT2D eigenvalue weighted by Gasteiger charge is 2.27. The molecule has 0 radical (unpaired) electrons. The van der Waals surface area contributed by atoms with Crippen molar-refractivity contribution in [2.75, 3.05) is 39.8 Å². The van der Waals surface area contributed by atoms with Crippen molar-refractivity contribution in [2.45, 2.75) is 0 Å². The topological polar surface area (TPSA) is 51.1 Å². The monoisotopic (exact) mass is 357 g/mol. The number of nitrogens with zero attached hydrogens (tertiary/aromatic N) is 1. The molecule has 1 saturated heterocycles. The first-order chi connectivity index (χ1) is 12.6. The number of ketones is 1. The molecule has 0 aromatic heterocycles. The third-order valence-corrected chi connectivity index (χ3v) is 4.68. The number of rotatable bonds is 5. The van der Waals surface area contributed by atoms with Gasteiger partial charge in [-0.25, -0.2) is 4.39 Å².